The molecule has 0 radical (unpaired) electrons. The number of aryl methyl sites for hydroxylation is 1. The molecular formula is C12H13F3INO. The Morgan fingerprint density at radius 2 is 2.06 bits per heavy atom. The zero-order valence-electron chi connectivity index (χ0n) is 9.77. The smallest absolute Gasteiger partial charge is 0.352 e. The van der Waals surface area contributed by atoms with E-state index in [0.717, 1.165) is 9.13 Å². The highest BCUT2D eigenvalue weighted by molar-refractivity contribution is 14.1. The Labute approximate surface area is 117 Å². The summed E-state index contributed by atoms with van der Waals surface area (Å²) in [5.41, 5.74) is 1.47. The monoisotopic (exact) mass is 371 g/mol. The topological polar surface area (TPSA) is 29.1 Å². The SMILES string of the molecule is Cc1cccc(C(=O)NCCCC(F)(F)F)c1I. The number of benzene rings is 1. The van der Waals surface area contributed by atoms with Crippen LogP contribution in [0.2, 0.25) is 0 Å². The largest absolute Gasteiger partial charge is 0.389 e. The van der Waals surface area contributed by atoms with Gasteiger partial charge in [-0.1, -0.05) is 12.1 Å². The van der Waals surface area contributed by atoms with E-state index in [0.29, 0.717) is 5.56 Å². The van der Waals surface area contributed by atoms with Gasteiger partial charge >= 0.3 is 6.18 Å². The molecule has 100 valence electrons. The van der Waals surface area contributed by atoms with Crippen LogP contribution in [0.15, 0.2) is 18.2 Å². The second-order valence-electron chi connectivity index (χ2n) is 3.91. The van der Waals surface area contributed by atoms with Crippen molar-refractivity contribution in [3.05, 3.63) is 32.9 Å². The second-order valence-corrected chi connectivity index (χ2v) is 4.99. The third-order valence-corrected chi connectivity index (χ3v) is 3.79. The van der Waals surface area contributed by atoms with Gasteiger partial charge in [0.2, 0.25) is 0 Å². The number of carbonyl (C=O) groups excluding carboxylic acids is 1. The van der Waals surface area contributed by atoms with Gasteiger partial charge in [0.05, 0.1) is 5.56 Å². The fourth-order valence-corrected chi connectivity index (χ4v) is 2.01. The molecule has 0 saturated carbocycles. The number of amides is 1. The minimum atomic E-state index is -4.16. The average molecular weight is 371 g/mol. The van der Waals surface area contributed by atoms with Crippen LogP contribution >= 0.6 is 22.6 Å². The van der Waals surface area contributed by atoms with Gasteiger partial charge in [-0.2, -0.15) is 13.2 Å². The lowest BCUT2D eigenvalue weighted by atomic mass is 10.1. The Kier molecular flexibility index (Phi) is 5.43. The van der Waals surface area contributed by atoms with Gasteiger partial charge in [-0.25, -0.2) is 0 Å². The van der Waals surface area contributed by atoms with Gasteiger partial charge in [0.25, 0.3) is 5.91 Å². The van der Waals surface area contributed by atoms with Crippen molar-refractivity contribution >= 4 is 28.5 Å². The predicted octanol–water partition coefficient (Wildman–Crippen LogP) is 3.67. The molecule has 1 amide bonds. The molecule has 0 aliphatic rings. The lowest BCUT2D eigenvalue weighted by Crippen LogP contribution is -2.26. The first-order valence-corrected chi connectivity index (χ1v) is 6.49. The Morgan fingerprint density at radius 1 is 1.39 bits per heavy atom. The van der Waals surface area contributed by atoms with Crippen LogP contribution in [0.1, 0.15) is 28.8 Å². The Balaban J connectivity index is 2.49. The van der Waals surface area contributed by atoms with Crippen LogP contribution in [0, 0.1) is 10.5 Å². The first kappa shape index (κ1) is 15.3. The molecule has 0 spiro atoms. The standard InChI is InChI=1S/C12H13F3INO/c1-8-4-2-5-9(10(8)16)11(18)17-7-3-6-12(13,14)15/h2,4-5H,3,6-7H2,1H3,(H,17,18). The van der Waals surface area contributed by atoms with Crippen molar-refractivity contribution in [3.63, 3.8) is 0 Å². The van der Waals surface area contributed by atoms with Crippen molar-refractivity contribution in [2.24, 2.45) is 0 Å². The summed E-state index contributed by atoms with van der Waals surface area (Å²) in [5.74, 6) is -0.328. The summed E-state index contributed by atoms with van der Waals surface area (Å²) in [6, 6.07) is 5.29. The van der Waals surface area contributed by atoms with Gasteiger partial charge < -0.3 is 5.32 Å². The maximum Gasteiger partial charge on any atom is 0.389 e. The molecule has 0 unspecified atom stereocenters. The minimum Gasteiger partial charge on any atom is -0.352 e. The van der Waals surface area contributed by atoms with Crippen LogP contribution in [0.4, 0.5) is 13.2 Å². The third-order valence-electron chi connectivity index (χ3n) is 2.36. The first-order chi connectivity index (χ1) is 8.31. The van der Waals surface area contributed by atoms with Gasteiger partial charge in [-0.3, -0.25) is 4.79 Å². The molecule has 18 heavy (non-hydrogen) atoms. The molecule has 0 heterocycles. The molecule has 0 aromatic heterocycles. The highest BCUT2D eigenvalue weighted by Crippen LogP contribution is 2.21. The number of alkyl halides is 3. The predicted molar refractivity (Wildman–Crippen MR) is 71.5 cm³/mol. The molecule has 1 rings (SSSR count). The molecule has 2 nitrogen and oxygen atoms in total. The van der Waals surface area contributed by atoms with E-state index in [2.05, 4.69) is 27.9 Å². The van der Waals surface area contributed by atoms with E-state index in [1.165, 1.54) is 0 Å². The van der Waals surface area contributed by atoms with E-state index in [1.54, 1.807) is 12.1 Å². The molecule has 1 aromatic carbocycles. The molecule has 1 aromatic rings. The maximum absolute atomic E-state index is 11.9. The Morgan fingerprint density at radius 3 is 2.67 bits per heavy atom. The second kappa shape index (κ2) is 6.40. The summed E-state index contributed by atoms with van der Waals surface area (Å²) in [4.78, 5) is 11.7. The lowest BCUT2D eigenvalue weighted by molar-refractivity contribution is -0.135. The molecule has 1 N–H and O–H groups in total. The molecular weight excluding hydrogens is 358 g/mol. The number of hydrogen-bond acceptors (Lipinski definition) is 1. The molecule has 0 atom stereocenters. The van der Waals surface area contributed by atoms with Crippen molar-refractivity contribution in [1.82, 2.24) is 5.32 Å². The van der Waals surface area contributed by atoms with Gasteiger partial charge in [-0.15, -0.1) is 0 Å². The maximum atomic E-state index is 11.9. The highest BCUT2D eigenvalue weighted by atomic mass is 127. The van der Waals surface area contributed by atoms with Gasteiger partial charge in [0.1, 0.15) is 0 Å². The quantitative estimate of drug-likeness (QED) is 0.635. The van der Waals surface area contributed by atoms with E-state index >= 15 is 0 Å². The number of halogens is 4. The van der Waals surface area contributed by atoms with Crippen molar-refractivity contribution in [1.29, 1.82) is 0 Å². The summed E-state index contributed by atoms with van der Waals surface area (Å²) in [6.45, 7) is 1.91. The number of carbonyl (C=O) groups is 1. The van der Waals surface area contributed by atoms with Crippen LogP contribution in [0.5, 0.6) is 0 Å². The summed E-state index contributed by atoms with van der Waals surface area (Å²) >= 11 is 2.05. The first-order valence-electron chi connectivity index (χ1n) is 5.41. The van der Waals surface area contributed by atoms with Gasteiger partial charge in [-0.05, 0) is 47.6 Å². The summed E-state index contributed by atoms with van der Waals surface area (Å²) in [7, 11) is 0. The van der Waals surface area contributed by atoms with E-state index in [-0.39, 0.29) is 18.9 Å². The van der Waals surface area contributed by atoms with Crippen LogP contribution in [-0.4, -0.2) is 18.6 Å². The van der Waals surface area contributed by atoms with Crippen molar-refractivity contribution in [2.75, 3.05) is 6.54 Å². The van der Waals surface area contributed by atoms with Crippen molar-refractivity contribution in [2.45, 2.75) is 25.9 Å². The van der Waals surface area contributed by atoms with Gasteiger partial charge in [0, 0.05) is 16.5 Å². The van der Waals surface area contributed by atoms with E-state index in [4.69, 9.17) is 0 Å². The number of hydrogen-bond donors (Lipinski definition) is 1. The zero-order valence-corrected chi connectivity index (χ0v) is 11.9. The van der Waals surface area contributed by atoms with Crippen molar-refractivity contribution in [3.8, 4) is 0 Å². The zero-order chi connectivity index (χ0) is 13.8. The lowest BCUT2D eigenvalue weighted by Gasteiger charge is -2.09. The molecule has 0 bridgehead atoms. The summed E-state index contributed by atoms with van der Waals surface area (Å²) < 4.78 is 36.5. The van der Waals surface area contributed by atoms with Gasteiger partial charge in [0.15, 0.2) is 0 Å². The van der Waals surface area contributed by atoms with Crippen molar-refractivity contribution < 1.29 is 18.0 Å². The molecule has 0 aliphatic carbocycles. The van der Waals surface area contributed by atoms with E-state index < -0.39 is 12.6 Å². The number of nitrogens with one attached hydrogen (secondary N) is 1. The summed E-state index contributed by atoms with van der Waals surface area (Å²) in [6.07, 6.45) is -5.14. The normalized spacial score (nSPS) is 11.4. The Bertz CT molecular complexity index is 432. The minimum absolute atomic E-state index is 0.0301. The molecule has 6 heteroatoms. The Hall–Kier alpha value is -0.790. The average Bonchev–Trinajstić information content (AvgIpc) is 2.26. The van der Waals surface area contributed by atoms with E-state index in [1.807, 2.05) is 13.0 Å². The molecule has 0 fully saturated rings. The molecule has 0 aliphatic heterocycles. The fourth-order valence-electron chi connectivity index (χ4n) is 1.41. The van der Waals surface area contributed by atoms with Crippen LogP contribution in [0.25, 0.3) is 0 Å². The highest BCUT2D eigenvalue weighted by Gasteiger charge is 2.26. The van der Waals surface area contributed by atoms with Crippen LogP contribution < -0.4 is 5.32 Å². The van der Waals surface area contributed by atoms with Crippen LogP contribution in [0.3, 0.4) is 0 Å². The van der Waals surface area contributed by atoms with Crippen LogP contribution in [-0.2, 0) is 0 Å². The number of rotatable bonds is 4. The third kappa shape index (κ3) is 4.83. The van der Waals surface area contributed by atoms with E-state index in [9.17, 15) is 18.0 Å². The fraction of sp³-hybridized carbons (Fsp3) is 0.417. The molecule has 0 saturated heterocycles. The summed E-state index contributed by atoms with van der Waals surface area (Å²) in [5, 5.41) is 2.50.